The third-order valence-corrected chi connectivity index (χ3v) is 1.58. The molecule has 7 heteroatoms. The van der Waals surface area contributed by atoms with Crippen LogP contribution in [0.4, 0.5) is 0 Å². The molecule has 0 rings (SSSR count). The zero-order chi connectivity index (χ0) is 9.72. The van der Waals surface area contributed by atoms with Crippen molar-refractivity contribution in [2.45, 2.75) is 4.84 Å². The molecule has 0 N–H and O–H groups in total. The fraction of sp³-hybridized carbons (Fsp3) is 0.200. The molecule has 0 saturated heterocycles. The monoisotopic (exact) mass is 250 g/mol. The highest BCUT2D eigenvalue weighted by Gasteiger charge is 2.14. The van der Waals surface area contributed by atoms with Gasteiger partial charge < -0.3 is 4.29 Å². The number of carbonyl (C=O) groups is 2. The molecule has 0 aromatic carbocycles. The first-order valence-electron chi connectivity index (χ1n) is 2.51. The molecule has 0 aliphatic heterocycles. The van der Waals surface area contributed by atoms with Gasteiger partial charge in [0.25, 0.3) is 0 Å². The Bertz CT molecular complexity index is 223. The molecule has 0 heterocycles. The molecular formula is C5H2Cl4O3. The van der Waals surface area contributed by atoms with Crippen LogP contribution in [-0.4, -0.2) is 16.6 Å². The third-order valence-electron chi connectivity index (χ3n) is 0.749. The van der Waals surface area contributed by atoms with Gasteiger partial charge in [0.2, 0.25) is 0 Å². The summed E-state index contributed by atoms with van der Waals surface area (Å²) in [5.74, 6) is -1.76. The highest BCUT2D eigenvalue weighted by Crippen LogP contribution is 2.10. The van der Waals surface area contributed by atoms with Crippen LogP contribution in [-0.2, 0) is 13.9 Å². The molecule has 3 nitrogen and oxygen atoms in total. The van der Waals surface area contributed by atoms with Crippen LogP contribution in [0.1, 0.15) is 0 Å². The van der Waals surface area contributed by atoms with E-state index in [1.165, 1.54) is 0 Å². The fourth-order valence-corrected chi connectivity index (χ4v) is 0.678. The lowest BCUT2D eigenvalue weighted by molar-refractivity contribution is -0.129. The summed E-state index contributed by atoms with van der Waals surface area (Å²) < 4.78 is 3.69. The maximum Gasteiger partial charge on any atom is 0.367 e. The largest absolute Gasteiger partial charge is 0.367 e. The van der Waals surface area contributed by atoms with E-state index in [-0.39, 0.29) is 0 Å². The molecule has 0 aromatic heterocycles. The van der Waals surface area contributed by atoms with E-state index in [1.807, 2.05) is 0 Å². The molecule has 0 aliphatic carbocycles. The van der Waals surface area contributed by atoms with Crippen LogP contribution in [0.25, 0.3) is 0 Å². The molecule has 0 aromatic rings. The maximum atomic E-state index is 10.7. The number of halogens is 4. The first-order valence-corrected chi connectivity index (χ1v) is 4.07. The number of hydrogen-bond donors (Lipinski definition) is 0. The van der Waals surface area contributed by atoms with Crippen LogP contribution < -0.4 is 0 Å². The fourth-order valence-electron chi connectivity index (χ4n) is 0.284. The molecule has 0 radical (unpaired) electrons. The topological polar surface area (TPSA) is 43.4 Å². The van der Waals surface area contributed by atoms with Gasteiger partial charge in [0.05, 0.1) is 0 Å². The maximum absolute atomic E-state index is 10.7. The number of alkyl halides is 2. The number of allylic oxidation sites excluding steroid dienone is 1. The second kappa shape index (κ2) is 5.65. The van der Waals surface area contributed by atoms with Crippen molar-refractivity contribution in [3.63, 3.8) is 0 Å². The number of ketones is 1. The average Bonchev–Trinajstić information content (AvgIpc) is 2.02. The van der Waals surface area contributed by atoms with Gasteiger partial charge in [-0.25, -0.2) is 4.79 Å². The van der Waals surface area contributed by atoms with Gasteiger partial charge in [0, 0.05) is 6.08 Å². The van der Waals surface area contributed by atoms with Gasteiger partial charge in [-0.05, 0) is 0 Å². The van der Waals surface area contributed by atoms with Crippen molar-refractivity contribution in [2.75, 3.05) is 0 Å². The summed E-state index contributed by atoms with van der Waals surface area (Å²) in [6.07, 6.45) is 0.733. The van der Waals surface area contributed by atoms with Crippen molar-refractivity contribution in [3.05, 3.63) is 11.1 Å². The zero-order valence-electron chi connectivity index (χ0n) is 5.39. The van der Waals surface area contributed by atoms with Gasteiger partial charge >= 0.3 is 5.97 Å². The normalized spacial score (nSPS) is 11.6. The summed E-state index contributed by atoms with van der Waals surface area (Å²) >= 11 is 20.2. The molecule has 0 unspecified atom stereocenters. The molecule has 0 saturated carbocycles. The van der Waals surface area contributed by atoms with Crippen molar-refractivity contribution in [1.82, 2.24) is 0 Å². The standard InChI is InChI=1S/C5H2Cl4O3/c6-2(5(11)12-9)1-3(10)4(7)8/h1,4H. The van der Waals surface area contributed by atoms with Gasteiger partial charge in [-0.3, -0.25) is 4.79 Å². The van der Waals surface area contributed by atoms with E-state index in [9.17, 15) is 9.59 Å². The lowest BCUT2D eigenvalue weighted by Gasteiger charge is -1.94. The van der Waals surface area contributed by atoms with Crippen LogP contribution in [0.3, 0.4) is 0 Å². The van der Waals surface area contributed by atoms with E-state index in [0.29, 0.717) is 0 Å². The average molecular weight is 252 g/mol. The highest BCUT2D eigenvalue weighted by molar-refractivity contribution is 6.55. The Hall–Kier alpha value is 0.0400. The minimum Gasteiger partial charge on any atom is -0.342 e. The number of hydrogen-bond acceptors (Lipinski definition) is 3. The van der Waals surface area contributed by atoms with Crippen LogP contribution in [0.5, 0.6) is 0 Å². The second-order valence-corrected chi connectivity index (χ2v) is 3.22. The van der Waals surface area contributed by atoms with E-state index >= 15 is 0 Å². The molecule has 0 atom stereocenters. The quantitative estimate of drug-likeness (QED) is 0.571. The predicted molar refractivity (Wildman–Crippen MR) is 46.4 cm³/mol. The first kappa shape index (κ1) is 12.0. The number of rotatable bonds is 3. The van der Waals surface area contributed by atoms with Gasteiger partial charge in [0.15, 0.2) is 10.6 Å². The Morgan fingerprint density at radius 3 is 2.17 bits per heavy atom. The van der Waals surface area contributed by atoms with E-state index in [1.54, 1.807) is 0 Å². The predicted octanol–water partition coefficient (Wildman–Crippen LogP) is 2.18. The Kier molecular flexibility index (Phi) is 5.66. The molecule has 0 fully saturated rings. The van der Waals surface area contributed by atoms with E-state index in [0.717, 1.165) is 6.08 Å². The third kappa shape index (κ3) is 4.16. The van der Waals surface area contributed by atoms with Crippen LogP contribution in [0.2, 0.25) is 0 Å². The summed E-state index contributed by atoms with van der Waals surface area (Å²) in [5, 5.41) is -0.485. The first-order chi connectivity index (χ1) is 5.49. The lowest BCUT2D eigenvalue weighted by Crippen LogP contribution is -2.06. The minimum absolute atomic E-state index is 0.485. The molecule has 0 spiro atoms. The van der Waals surface area contributed by atoms with Crippen LogP contribution in [0, 0.1) is 0 Å². The van der Waals surface area contributed by atoms with E-state index < -0.39 is 21.6 Å². The lowest BCUT2D eigenvalue weighted by atomic mass is 10.4. The Labute approximate surface area is 88.3 Å². The molecule has 0 amide bonds. The minimum atomic E-state index is -1.26. The van der Waals surface area contributed by atoms with Crippen molar-refractivity contribution < 1.29 is 13.9 Å². The van der Waals surface area contributed by atoms with Gasteiger partial charge in [-0.1, -0.05) is 34.8 Å². The van der Waals surface area contributed by atoms with Crippen molar-refractivity contribution in [1.29, 1.82) is 0 Å². The summed E-state index contributed by atoms with van der Waals surface area (Å²) in [7, 11) is 0. The smallest absolute Gasteiger partial charge is 0.342 e. The van der Waals surface area contributed by atoms with Gasteiger partial charge in [-0.2, -0.15) is 0 Å². The molecule has 68 valence electrons. The second-order valence-electron chi connectivity index (χ2n) is 1.56. The molecule has 12 heavy (non-hydrogen) atoms. The van der Waals surface area contributed by atoms with E-state index in [2.05, 4.69) is 16.2 Å². The number of carbonyl (C=O) groups excluding carboxylic acids is 2. The summed E-state index contributed by atoms with van der Waals surface area (Å²) in [5.41, 5.74) is 0. The Balaban J connectivity index is 4.36. The summed E-state index contributed by atoms with van der Waals surface area (Å²) in [4.78, 5) is 19.9. The summed E-state index contributed by atoms with van der Waals surface area (Å²) in [6, 6.07) is 0. The molecular weight excluding hydrogens is 250 g/mol. The Morgan fingerprint density at radius 1 is 1.33 bits per heavy atom. The highest BCUT2D eigenvalue weighted by atomic mass is 35.5. The van der Waals surface area contributed by atoms with Gasteiger partial charge in [-0.15, -0.1) is 0 Å². The SMILES string of the molecule is O=C(OCl)C(Cl)=CC(=O)C(Cl)Cl. The van der Waals surface area contributed by atoms with Crippen molar-refractivity contribution in [2.24, 2.45) is 0 Å². The zero-order valence-corrected chi connectivity index (χ0v) is 8.42. The van der Waals surface area contributed by atoms with Crippen molar-refractivity contribution in [3.8, 4) is 0 Å². The van der Waals surface area contributed by atoms with Crippen LogP contribution in [0.15, 0.2) is 11.1 Å². The molecule has 0 aliphatic rings. The molecule has 0 bridgehead atoms. The summed E-state index contributed by atoms with van der Waals surface area (Å²) in [6.45, 7) is 0. The Morgan fingerprint density at radius 2 is 1.83 bits per heavy atom. The van der Waals surface area contributed by atoms with E-state index in [4.69, 9.17) is 34.8 Å². The van der Waals surface area contributed by atoms with Gasteiger partial charge in [0.1, 0.15) is 16.9 Å². The van der Waals surface area contributed by atoms with Crippen molar-refractivity contribution >= 4 is 58.4 Å². The van der Waals surface area contributed by atoms with Crippen LogP contribution >= 0.6 is 46.7 Å².